The second-order valence-corrected chi connectivity index (χ2v) is 6.71. The smallest absolute Gasteiger partial charge is 0.295 e. The Hall–Kier alpha value is -1.31. The molecule has 0 fully saturated rings. The molecule has 1 aromatic heterocycles. The SMILES string of the molecule is CCc1cc(Br)ccc1NS(=O)(=O)c1ccc(CN)o1. The molecule has 108 valence electrons. The van der Waals surface area contributed by atoms with Crippen LogP contribution in [0.3, 0.4) is 0 Å². The first kappa shape index (κ1) is 15.1. The van der Waals surface area contributed by atoms with Crippen molar-refractivity contribution in [2.24, 2.45) is 5.73 Å². The zero-order chi connectivity index (χ0) is 14.8. The molecule has 3 N–H and O–H groups in total. The monoisotopic (exact) mass is 358 g/mol. The average Bonchev–Trinajstić information content (AvgIpc) is 2.90. The molecular weight excluding hydrogens is 344 g/mol. The van der Waals surface area contributed by atoms with Crippen LogP contribution < -0.4 is 10.5 Å². The van der Waals surface area contributed by atoms with Gasteiger partial charge in [0.15, 0.2) is 0 Å². The largest absolute Gasteiger partial charge is 0.446 e. The number of aryl methyl sites for hydroxylation is 1. The van der Waals surface area contributed by atoms with E-state index in [9.17, 15) is 8.42 Å². The van der Waals surface area contributed by atoms with E-state index >= 15 is 0 Å². The van der Waals surface area contributed by atoms with Gasteiger partial charge in [0.2, 0.25) is 5.09 Å². The first-order valence-corrected chi connectivity index (χ1v) is 8.34. The first-order valence-electron chi connectivity index (χ1n) is 6.06. The van der Waals surface area contributed by atoms with E-state index in [0.717, 1.165) is 10.0 Å². The van der Waals surface area contributed by atoms with Gasteiger partial charge in [0.25, 0.3) is 10.0 Å². The third-order valence-corrected chi connectivity index (χ3v) is 4.53. The summed E-state index contributed by atoms with van der Waals surface area (Å²) in [6.07, 6.45) is 0.712. The molecule has 0 unspecified atom stereocenters. The number of anilines is 1. The van der Waals surface area contributed by atoms with Gasteiger partial charge in [-0.3, -0.25) is 4.72 Å². The van der Waals surface area contributed by atoms with E-state index in [1.807, 2.05) is 13.0 Å². The molecule has 0 aliphatic rings. The van der Waals surface area contributed by atoms with Crippen molar-refractivity contribution in [3.8, 4) is 0 Å². The summed E-state index contributed by atoms with van der Waals surface area (Å²) in [4.78, 5) is 0. The van der Waals surface area contributed by atoms with E-state index in [0.29, 0.717) is 17.9 Å². The second-order valence-electron chi connectivity index (χ2n) is 4.19. The number of nitrogens with one attached hydrogen (secondary N) is 1. The predicted octanol–water partition coefficient (Wildman–Crippen LogP) is 2.86. The summed E-state index contributed by atoms with van der Waals surface area (Å²) in [5, 5.41) is -0.136. The first-order chi connectivity index (χ1) is 9.46. The molecule has 0 spiro atoms. The lowest BCUT2D eigenvalue weighted by atomic mass is 10.1. The average molecular weight is 359 g/mol. The number of nitrogens with two attached hydrogens (primary N) is 1. The van der Waals surface area contributed by atoms with Gasteiger partial charge in [0, 0.05) is 4.47 Å². The molecule has 20 heavy (non-hydrogen) atoms. The molecule has 0 atom stereocenters. The van der Waals surface area contributed by atoms with Crippen molar-refractivity contribution in [3.63, 3.8) is 0 Å². The third kappa shape index (κ3) is 3.23. The van der Waals surface area contributed by atoms with Crippen LogP contribution in [0.4, 0.5) is 5.69 Å². The van der Waals surface area contributed by atoms with Crippen molar-refractivity contribution in [2.45, 2.75) is 25.0 Å². The Morgan fingerprint density at radius 3 is 2.65 bits per heavy atom. The minimum absolute atomic E-state index is 0.136. The van der Waals surface area contributed by atoms with Gasteiger partial charge in [0.05, 0.1) is 12.2 Å². The highest BCUT2D eigenvalue weighted by molar-refractivity contribution is 9.10. The van der Waals surface area contributed by atoms with Crippen LogP contribution >= 0.6 is 15.9 Å². The van der Waals surface area contributed by atoms with Crippen LogP contribution in [-0.4, -0.2) is 8.42 Å². The van der Waals surface area contributed by atoms with Crippen LogP contribution in [0.25, 0.3) is 0 Å². The molecule has 0 radical (unpaired) electrons. The van der Waals surface area contributed by atoms with Crippen molar-refractivity contribution in [1.82, 2.24) is 0 Å². The zero-order valence-corrected chi connectivity index (χ0v) is 13.3. The molecule has 0 saturated heterocycles. The highest BCUT2D eigenvalue weighted by Crippen LogP contribution is 2.25. The summed E-state index contributed by atoms with van der Waals surface area (Å²) in [6, 6.07) is 8.33. The molecule has 0 saturated carbocycles. The van der Waals surface area contributed by atoms with E-state index in [4.69, 9.17) is 10.2 Å². The van der Waals surface area contributed by atoms with Gasteiger partial charge in [-0.25, -0.2) is 0 Å². The van der Waals surface area contributed by atoms with Gasteiger partial charge in [-0.15, -0.1) is 0 Å². The summed E-state index contributed by atoms with van der Waals surface area (Å²) in [5.41, 5.74) is 6.85. The number of benzene rings is 1. The molecular formula is C13H15BrN2O3S. The Morgan fingerprint density at radius 2 is 2.05 bits per heavy atom. The van der Waals surface area contributed by atoms with Gasteiger partial charge in [0.1, 0.15) is 5.76 Å². The number of hydrogen-bond acceptors (Lipinski definition) is 4. The number of furan rings is 1. The maximum Gasteiger partial charge on any atom is 0.295 e. The van der Waals surface area contributed by atoms with Crippen LogP contribution in [-0.2, 0) is 23.0 Å². The molecule has 1 heterocycles. The van der Waals surface area contributed by atoms with E-state index in [2.05, 4.69) is 20.7 Å². The Bertz CT molecular complexity index is 710. The third-order valence-electron chi connectivity index (χ3n) is 2.80. The van der Waals surface area contributed by atoms with Crippen molar-refractivity contribution in [1.29, 1.82) is 0 Å². The molecule has 2 rings (SSSR count). The summed E-state index contributed by atoms with van der Waals surface area (Å²) < 4.78 is 33.1. The Kier molecular flexibility index (Phi) is 4.52. The highest BCUT2D eigenvalue weighted by Gasteiger charge is 2.19. The van der Waals surface area contributed by atoms with Crippen LogP contribution in [0, 0.1) is 0 Å². The van der Waals surface area contributed by atoms with Gasteiger partial charge < -0.3 is 10.2 Å². The Labute approximate surface area is 126 Å². The van der Waals surface area contributed by atoms with Gasteiger partial charge >= 0.3 is 0 Å². The van der Waals surface area contributed by atoms with E-state index in [1.54, 1.807) is 18.2 Å². The topological polar surface area (TPSA) is 85.3 Å². The fraction of sp³-hybridized carbons (Fsp3) is 0.231. The Balaban J connectivity index is 2.33. The molecule has 0 aliphatic heterocycles. The van der Waals surface area contributed by atoms with Crippen molar-refractivity contribution >= 4 is 31.6 Å². The molecule has 1 aromatic carbocycles. The fourth-order valence-corrected chi connectivity index (χ4v) is 3.22. The van der Waals surface area contributed by atoms with Gasteiger partial charge in [-0.2, -0.15) is 8.42 Å². The van der Waals surface area contributed by atoms with Crippen molar-refractivity contribution in [2.75, 3.05) is 4.72 Å². The van der Waals surface area contributed by atoms with Crippen LogP contribution in [0.5, 0.6) is 0 Å². The minimum atomic E-state index is -3.74. The standard InChI is InChI=1S/C13H15BrN2O3S/c1-2-9-7-10(14)3-5-12(9)16-20(17,18)13-6-4-11(8-15)19-13/h3-7,16H,2,8,15H2,1H3. The van der Waals surface area contributed by atoms with Crippen molar-refractivity contribution in [3.05, 3.63) is 46.1 Å². The molecule has 0 amide bonds. The van der Waals surface area contributed by atoms with Crippen LogP contribution in [0.1, 0.15) is 18.2 Å². The summed E-state index contributed by atoms with van der Waals surface area (Å²) in [5.74, 6) is 0.428. The number of halogens is 1. The quantitative estimate of drug-likeness (QED) is 0.860. The molecule has 2 aromatic rings. The lowest BCUT2D eigenvalue weighted by molar-refractivity contribution is 0.417. The number of rotatable bonds is 5. The second kappa shape index (κ2) is 5.99. The van der Waals surface area contributed by atoms with Crippen molar-refractivity contribution < 1.29 is 12.8 Å². The van der Waals surface area contributed by atoms with E-state index in [1.165, 1.54) is 6.07 Å². The molecule has 7 heteroatoms. The van der Waals surface area contributed by atoms with Gasteiger partial charge in [-0.1, -0.05) is 22.9 Å². The maximum atomic E-state index is 12.2. The summed E-state index contributed by atoms with van der Waals surface area (Å²) in [7, 11) is -3.74. The highest BCUT2D eigenvalue weighted by atomic mass is 79.9. The molecule has 5 nitrogen and oxygen atoms in total. The lowest BCUT2D eigenvalue weighted by Crippen LogP contribution is -2.13. The van der Waals surface area contributed by atoms with Crippen LogP contribution in [0.15, 0.2) is 44.3 Å². The maximum absolute atomic E-state index is 12.2. The number of sulfonamides is 1. The van der Waals surface area contributed by atoms with E-state index in [-0.39, 0.29) is 11.6 Å². The summed E-state index contributed by atoms with van der Waals surface area (Å²) >= 11 is 3.36. The normalized spacial score (nSPS) is 11.6. The number of hydrogen-bond donors (Lipinski definition) is 2. The fourth-order valence-electron chi connectivity index (χ4n) is 1.76. The van der Waals surface area contributed by atoms with Crippen LogP contribution in [0.2, 0.25) is 0 Å². The van der Waals surface area contributed by atoms with Gasteiger partial charge in [-0.05, 0) is 42.3 Å². The van der Waals surface area contributed by atoms with E-state index < -0.39 is 10.0 Å². The lowest BCUT2D eigenvalue weighted by Gasteiger charge is -2.10. The Morgan fingerprint density at radius 1 is 1.30 bits per heavy atom. The molecule has 0 bridgehead atoms. The zero-order valence-electron chi connectivity index (χ0n) is 10.9. The minimum Gasteiger partial charge on any atom is -0.446 e. The summed E-state index contributed by atoms with van der Waals surface area (Å²) in [6.45, 7) is 2.12. The molecule has 0 aliphatic carbocycles. The predicted molar refractivity (Wildman–Crippen MR) is 80.9 cm³/mol.